The number of aromatic nitrogens is 2. The van der Waals surface area contributed by atoms with E-state index in [1.54, 1.807) is 18.3 Å². The summed E-state index contributed by atoms with van der Waals surface area (Å²) in [5.41, 5.74) is 1.96. The molecular weight excluding hydrogens is 397 g/mol. The minimum Gasteiger partial charge on any atom is -0.453 e. The lowest BCUT2D eigenvalue weighted by molar-refractivity contribution is 0.150. The molecule has 9 nitrogen and oxygen atoms in total. The molecule has 1 saturated heterocycles. The highest BCUT2D eigenvalue weighted by molar-refractivity contribution is 6.58. The highest BCUT2D eigenvalue weighted by Crippen LogP contribution is 2.32. The summed E-state index contributed by atoms with van der Waals surface area (Å²) in [5, 5.41) is 31.1. The van der Waals surface area contributed by atoms with E-state index in [1.165, 1.54) is 13.2 Å². The van der Waals surface area contributed by atoms with Crippen molar-refractivity contribution in [2.75, 3.05) is 20.2 Å². The lowest BCUT2D eigenvalue weighted by Crippen LogP contribution is -2.46. The fourth-order valence-electron chi connectivity index (χ4n) is 3.93. The Morgan fingerprint density at radius 2 is 2.26 bits per heavy atom. The van der Waals surface area contributed by atoms with Gasteiger partial charge in [-0.05, 0) is 36.8 Å². The van der Waals surface area contributed by atoms with Crippen LogP contribution in [0.3, 0.4) is 0 Å². The summed E-state index contributed by atoms with van der Waals surface area (Å²) in [6, 6.07) is 6.87. The number of nitriles is 1. The van der Waals surface area contributed by atoms with Gasteiger partial charge in [-0.15, -0.1) is 0 Å². The lowest BCUT2D eigenvalue weighted by Gasteiger charge is -2.30. The van der Waals surface area contributed by atoms with Crippen molar-refractivity contribution in [3.05, 3.63) is 35.8 Å². The molecule has 1 amide bonds. The summed E-state index contributed by atoms with van der Waals surface area (Å²) in [7, 11) is -0.267. The van der Waals surface area contributed by atoms with Gasteiger partial charge in [-0.2, -0.15) is 5.26 Å². The van der Waals surface area contributed by atoms with Crippen molar-refractivity contribution < 1.29 is 19.6 Å². The molecule has 1 aliphatic heterocycles. The van der Waals surface area contributed by atoms with E-state index in [0.29, 0.717) is 23.4 Å². The number of carbonyl (C=O) groups excluding carboxylic acids is 1. The van der Waals surface area contributed by atoms with Crippen molar-refractivity contribution in [3.8, 4) is 17.3 Å². The number of hydrogen-bond donors (Lipinski definition) is 4. The lowest BCUT2D eigenvalue weighted by atomic mass is 9.79. The number of aromatic amines is 1. The number of hydrogen-bond acceptors (Lipinski definition) is 7. The van der Waals surface area contributed by atoms with Gasteiger partial charge in [0.25, 0.3) is 0 Å². The summed E-state index contributed by atoms with van der Waals surface area (Å²) < 4.78 is 4.76. The number of amides is 1. The maximum absolute atomic E-state index is 11.7. The Hall–Kier alpha value is -2.87. The second-order valence-corrected chi connectivity index (χ2v) is 8.11. The van der Waals surface area contributed by atoms with E-state index in [2.05, 4.69) is 40.1 Å². The van der Waals surface area contributed by atoms with Crippen LogP contribution < -0.4 is 10.8 Å². The second kappa shape index (κ2) is 9.96. The van der Waals surface area contributed by atoms with Gasteiger partial charge in [-0.3, -0.25) is 4.90 Å². The SMILES string of the molecule is COC(=O)NC(CN1CCCC1c1ncc(-c2ccc(B(O)O)cc2C#N)[nH]1)C(C)C. The molecular formula is C21H28BN5O4. The quantitative estimate of drug-likeness (QED) is 0.489. The molecule has 0 saturated carbocycles. The van der Waals surface area contributed by atoms with Crippen LogP contribution in [0.1, 0.15) is 44.1 Å². The van der Waals surface area contributed by atoms with Crippen LogP contribution >= 0.6 is 0 Å². The molecule has 31 heavy (non-hydrogen) atoms. The van der Waals surface area contributed by atoms with Gasteiger partial charge in [-0.25, -0.2) is 9.78 Å². The molecule has 2 heterocycles. The number of imidazole rings is 1. The average molecular weight is 425 g/mol. The Bertz CT molecular complexity index is 955. The van der Waals surface area contributed by atoms with E-state index < -0.39 is 13.2 Å². The molecule has 0 spiro atoms. The average Bonchev–Trinajstić information content (AvgIpc) is 3.41. The molecule has 3 rings (SSSR count). The molecule has 0 bridgehead atoms. The molecule has 10 heteroatoms. The largest absolute Gasteiger partial charge is 0.488 e. The standard InChI is InChI=1S/C21H28BN5O4/c1-13(2)18(26-21(28)31-3)12-27-8-4-5-19(27)20-24-11-17(25-20)16-7-6-15(22(29)30)9-14(16)10-23/h6-7,9,11,13,18-19,29-30H,4-5,8,12H2,1-3H3,(H,24,25)(H,26,28). The first-order chi connectivity index (χ1) is 14.8. The molecule has 4 N–H and O–H groups in total. The number of ether oxygens (including phenoxy) is 1. The number of nitrogens with zero attached hydrogens (tertiary/aromatic N) is 3. The predicted molar refractivity (Wildman–Crippen MR) is 116 cm³/mol. The van der Waals surface area contributed by atoms with Crippen molar-refractivity contribution in [1.29, 1.82) is 5.26 Å². The third-order valence-electron chi connectivity index (χ3n) is 5.75. The van der Waals surface area contributed by atoms with Crippen molar-refractivity contribution in [2.45, 2.75) is 38.8 Å². The first-order valence-corrected chi connectivity index (χ1v) is 10.4. The normalized spacial score (nSPS) is 17.4. The van der Waals surface area contributed by atoms with Gasteiger partial charge in [-0.1, -0.05) is 26.0 Å². The topological polar surface area (TPSA) is 134 Å². The fraction of sp³-hybridized carbons (Fsp3) is 0.476. The molecule has 1 aliphatic rings. The summed E-state index contributed by atoms with van der Waals surface area (Å²) in [5.74, 6) is 1.05. The van der Waals surface area contributed by atoms with E-state index in [0.717, 1.165) is 25.2 Å². The van der Waals surface area contributed by atoms with E-state index >= 15 is 0 Å². The van der Waals surface area contributed by atoms with Crippen LogP contribution in [0.2, 0.25) is 0 Å². The first-order valence-electron chi connectivity index (χ1n) is 10.4. The Morgan fingerprint density at radius 1 is 1.48 bits per heavy atom. The maximum atomic E-state index is 11.7. The predicted octanol–water partition coefficient (Wildman–Crippen LogP) is 1.15. The number of H-pyrrole nitrogens is 1. The van der Waals surface area contributed by atoms with Gasteiger partial charge in [0.1, 0.15) is 5.82 Å². The summed E-state index contributed by atoms with van der Waals surface area (Å²) >= 11 is 0. The maximum Gasteiger partial charge on any atom is 0.488 e. The van der Waals surface area contributed by atoms with Crippen LogP contribution in [0.5, 0.6) is 0 Å². The van der Waals surface area contributed by atoms with Gasteiger partial charge in [0.05, 0.1) is 36.7 Å². The van der Waals surface area contributed by atoms with Gasteiger partial charge in [0.15, 0.2) is 0 Å². The third kappa shape index (κ3) is 5.25. The minimum absolute atomic E-state index is 0.0508. The highest BCUT2D eigenvalue weighted by atomic mass is 16.5. The Kier molecular flexibility index (Phi) is 7.33. The Labute approximate surface area is 182 Å². The van der Waals surface area contributed by atoms with Crippen LogP contribution in [0.4, 0.5) is 4.79 Å². The number of alkyl carbamates (subject to hydrolysis) is 1. The van der Waals surface area contributed by atoms with E-state index in [-0.39, 0.29) is 23.5 Å². The van der Waals surface area contributed by atoms with Crippen LogP contribution in [0.25, 0.3) is 11.3 Å². The minimum atomic E-state index is -1.63. The monoisotopic (exact) mass is 425 g/mol. The van der Waals surface area contributed by atoms with E-state index in [1.807, 2.05) is 0 Å². The molecule has 164 valence electrons. The molecule has 1 aromatic carbocycles. The number of nitrogens with one attached hydrogen (secondary N) is 2. The Balaban J connectivity index is 1.80. The van der Waals surface area contributed by atoms with Crippen LogP contribution in [-0.2, 0) is 4.74 Å². The van der Waals surface area contributed by atoms with Gasteiger partial charge >= 0.3 is 13.2 Å². The number of carbonyl (C=O) groups is 1. The Morgan fingerprint density at radius 3 is 2.90 bits per heavy atom. The third-order valence-corrected chi connectivity index (χ3v) is 5.75. The van der Waals surface area contributed by atoms with E-state index in [4.69, 9.17) is 4.74 Å². The summed E-state index contributed by atoms with van der Waals surface area (Å²) in [6.45, 7) is 5.71. The number of benzene rings is 1. The molecule has 0 radical (unpaired) electrons. The molecule has 1 aromatic heterocycles. The highest BCUT2D eigenvalue weighted by Gasteiger charge is 2.31. The zero-order valence-corrected chi connectivity index (χ0v) is 18.0. The summed E-state index contributed by atoms with van der Waals surface area (Å²) in [6.07, 6.45) is 3.23. The number of methoxy groups -OCH3 is 1. The molecule has 1 fully saturated rings. The molecule has 2 aromatic rings. The molecule has 2 unspecified atom stereocenters. The summed E-state index contributed by atoms with van der Waals surface area (Å²) in [4.78, 5) is 21.9. The van der Waals surface area contributed by atoms with Crippen LogP contribution in [0, 0.1) is 17.2 Å². The van der Waals surface area contributed by atoms with Crippen molar-refractivity contribution in [2.24, 2.45) is 5.92 Å². The first kappa shape index (κ1) is 22.8. The van der Waals surface area contributed by atoms with Gasteiger partial charge < -0.3 is 25.1 Å². The van der Waals surface area contributed by atoms with Crippen molar-refractivity contribution >= 4 is 18.7 Å². The smallest absolute Gasteiger partial charge is 0.453 e. The molecule has 2 atom stereocenters. The number of rotatable bonds is 7. The second-order valence-electron chi connectivity index (χ2n) is 8.11. The van der Waals surface area contributed by atoms with Crippen LogP contribution in [-0.4, -0.2) is 64.4 Å². The van der Waals surface area contributed by atoms with Gasteiger partial charge in [0, 0.05) is 18.2 Å². The van der Waals surface area contributed by atoms with Crippen molar-refractivity contribution in [3.63, 3.8) is 0 Å². The fourth-order valence-corrected chi connectivity index (χ4v) is 3.93. The van der Waals surface area contributed by atoms with Crippen LogP contribution in [0.15, 0.2) is 24.4 Å². The number of likely N-dealkylation sites (tertiary alicyclic amines) is 1. The zero-order valence-electron chi connectivity index (χ0n) is 18.0. The van der Waals surface area contributed by atoms with Gasteiger partial charge in [0.2, 0.25) is 0 Å². The van der Waals surface area contributed by atoms with E-state index in [9.17, 15) is 20.1 Å². The van der Waals surface area contributed by atoms with Crippen molar-refractivity contribution in [1.82, 2.24) is 20.2 Å². The molecule has 0 aliphatic carbocycles. The zero-order chi connectivity index (χ0) is 22.5.